The number of amides is 1. The number of aromatic nitrogens is 3. The van der Waals surface area contributed by atoms with Gasteiger partial charge in [0.05, 0.1) is 0 Å². The van der Waals surface area contributed by atoms with Crippen LogP contribution in [0.4, 0.5) is 5.82 Å². The van der Waals surface area contributed by atoms with E-state index in [-0.39, 0.29) is 5.91 Å². The molecular formula is C16H14N4OS. The zero-order valence-corrected chi connectivity index (χ0v) is 12.7. The minimum absolute atomic E-state index is 0.269. The highest BCUT2D eigenvalue weighted by Gasteiger charge is 2.14. The number of hydrogen-bond donors (Lipinski definition) is 2. The van der Waals surface area contributed by atoms with Gasteiger partial charge in [0.2, 0.25) is 0 Å². The zero-order valence-electron chi connectivity index (χ0n) is 11.9. The molecule has 0 saturated heterocycles. The Bertz CT molecular complexity index is 867. The van der Waals surface area contributed by atoms with E-state index in [4.69, 9.17) is 12.2 Å². The standard InChI is InChI=1S/C16H14N4OS/c1-11-6-5-9-14(18-11)19-15(21)13-10-17-16(22)20(13)12-7-3-2-4-8-12/h2-10H,1H3,(H,17,22)(H,18,19,21). The number of pyridine rings is 1. The molecule has 0 saturated carbocycles. The molecule has 1 aromatic carbocycles. The topological polar surface area (TPSA) is 62.7 Å². The summed E-state index contributed by atoms with van der Waals surface area (Å²) in [6, 6.07) is 15.0. The number of anilines is 1. The van der Waals surface area contributed by atoms with Crippen LogP contribution in [0.5, 0.6) is 0 Å². The van der Waals surface area contributed by atoms with Crippen LogP contribution < -0.4 is 5.32 Å². The number of imidazole rings is 1. The Hall–Kier alpha value is -2.73. The van der Waals surface area contributed by atoms with Gasteiger partial charge in [-0.3, -0.25) is 9.36 Å². The molecule has 0 bridgehead atoms. The Morgan fingerprint density at radius 1 is 1.18 bits per heavy atom. The molecule has 110 valence electrons. The van der Waals surface area contributed by atoms with Gasteiger partial charge in [0.25, 0.3) is 5.91 Å². The SMILES string of the molecule is Cc1cccc(NC(=O)c2c[nH]c(=S)n2-c2ccccc2)n1. The second-order valence-corrected chi connectivity index (χ2v) is 5.16. The summed E-state index contributed by atoms with van der Waals surface area (Å²) in [5.41, 5.74) is 2.10. The van der Waals surface area contributed by atoms with Crippen LogP contribution in [-0.2, 0) is 0 Å². The zero-order chi connectivity index (χ0) is 15.5. The van der Waals surface area contributed by atoms with E-state index in [2.05, 4.69) is 15.3 Å². The van der Waals surface area contributed by atoms with E-state index in [0.717, 1.165) is 11.4 Å². The Morgan fingerprint density at radius 3 is 2.68 bits per heavy atom. The number of carbonyl (C=O) groups is 1. The van der Waals surface area contributed by atoms with Crippen molar-refractivity contribution in [3.05, 3.63) is 70.9 Å². The maximum absolute atomic E-state index is 12.5. The predicted molar refractivity (Wildman–Crippen MR) is 87.9 cm³/mol. The Kier molecular flexibility index (Phi) is 3.84. The second-order valence-electron chi connectivity index (χ2n) is 4.77. The molecule has 1 amide bonds. The number of hydrogen-bond acceptors (Lipinski definition) is 3. The monoisotopic (exact) mass is 310 g/mol. The first-order chi connectivity index (χ1) is 10.6. The van der Waals surface area contributed by atoms with Crippen molar-refractivity contribution in [1.29, 1.82) is 0 Å². The summed E-state index contributed by atoms with van der Waals surface area (Å²) < 4.78 is 2.16. The van der Waals surface area contributed by atoms with E-state index in [1.54, 1.807) is 16.8 Å². The molecule has 0 radical (unpaired) electrons. The fourth-order valence-corrected chi connectivity index (χ4v) is 2.42. The van der Waals surface area contributed by atoms with Crippen molar-refractivity contribution in [3.8, 4) is 5.69 Å². The van der Waals surface area contributed by atoms with Gasteiger partial charge in [-0.05, 0) is 43.4 Å². The Balaban J connectivity index is 1.96. The van der Waals surface area contributed by atoms with E-state index in [9.17, 15) is 4.79 Å². The van der Waals surface area contributed by atoms with E-state index in [1.165, 1.54) is 0 Å². The molecule has 6 heteroatoms. The van der Waals surface area contributed by atoms with Crippen molar-refractivity contribution in [2.24, 2.45) is 0 Å². The molecule has 22 heavy (non-hydrogen) atoms. The number of aromatic amines is 1. The molecule has 0 aliphatic carbocycles. The van der Waals surface area contributed by atoms with Crippen molar-refractivity contribution in [2.75, 3.05) is 5.32 Å². The van der Waals surface area contributed by atoms with Gasteiger partial charge in [0.1, 0.15) is 11.5 Å². The third-order valence-electron chi connectivity index (χ3n) is 3.15. The molecule has 5 nitrogen and oxygen atoms in total. The summed E-state index contributed by atoms with van der Waals surface area (Å²) in [7, 11) is 0. The third kappa shape index (κ3) is 2.82. The lowest BCUT2D eigenvalue weighted by Crippen LogP contribution is -2.17. The summed E-state index contributed by atoms with van der Waals surface area (Å²) >= 11 is 5.27. The smallest absolute Gasteiger partial charge is 0.275 e. The number of nitrogens with one attached hydrogen (secondary N) is 2. The fraction of sp³-hybridized carbons (Fsp3) is 0.0625. The third-order valence-corrected chi connectivity index (χ3v) is 3.45. The molecule has 0 fully saturated rings. The largest absolute Gasteiger partial charge is 0.336 e. The molecule has 0 spiro atoms. The van der Waals surface area contributed by atoms with Crippen molar-refractivity contribution >= 4 is 23.9 Å². The van der Waals surface area contributed by atoms with Crippen molar-refractivity contribution < 1.29 is 4.79 Å². The minimum Gasteiger partial charge on any atom is -0.336 e. The predicted octanol–water partition coefficient (Wildman–Crippen LogP) is 3.49. The Labute approximate surface area is 132 Å². The maximum Gasteiger partial charge on any atom is 0.275 e. The maximum atomic E-state index is 12.5. The number of H-pyrrole nitrogens is 1. The number of nitrogens with zero attached hydrogens (tertiary/aromatic N) is 2. The van der Waals surface area contributed by atoms with Gasteiger partial charge < -0.3 is 10.3 Å². The second kappa shape index (κ2) is 5.95. The van der Waals surface area contributed by atoms with Gasteiger partial charge in [0.15, 0.2) is 4.77 Å². The number of benzene rings is 1. The lowest BCUT2D eigenvalue weighted by atomic mass is 10.3. The van der Waals surface area contributed by atoms with Crippen LogP contribution in [0.1, 0.15) is 16.2 Å². The van der Waals surface area contributed by atoms with Crippen LogP contribution >= 0.6 is 12.2 Å². The van der Waals surface area contributed by atoms with Gasteiger partial charge in [-0.15, -0.1) is 0 Å². The Morgan fingerprint density at radius 2 is 1.95 bits per heavy atom. The van der Waals surface area contributed by atoms with Gasteiger partial charge in [0, 0.05) is 17.6 Å². The normalized spacial score (nSPS) is 10.4. The molecule has 0 atom stereocenters. The number of aryl methyl sites for hydroxylation is 1. The molecule has 0 aliphatic heterocycles. The van der Waals surface area contributed by atoms with Gasteiger partial charge in [-0.1, -0.05) is 24.3 Å². The molecule has 0 aliphatic rings. The molecule has 3 rings (SSSR count). The first kappa shape index (κ1) is 14.2. The summed E-state index contributed by atoms with van der Waals surface area (Å²) in [5, 5.41) is 2.79. The van der Waals surface area contributed by atoms with Gasteiger partial charge >= 0.3 is 0 Å². The number of rotatable bonds is 3. The van der Waals surface area contributed by atoms with Crippen LogP contribution in [0.3, 0.4) is 0 Å². The van der Waals surface area contributed by atoms with Crippen LogP contribution in [0.2, 0.25) is 0 Å². The molecule has 0 unspecified atom stereocenters. The minimum atomic E-state index is -0.269. The highest BCUT2D eigenvalue weighted by molar-refractivity contribution is 7.71. The van der Waals surface area contributed by atoms with Crippen LogP contribution in [0.15, 0.2) is 54.7 Å². The highest BCUT2D eigenvalue weighted by atomic mass is 32.1. The van der Waals surface area contributed by atoms with E-state index >= 15 is 0 Å². The van der Waals surface area contributed by atoms with Crippen LogP contribution in [0, 0.1) is 11.7 Å². The summed E-state index contributed by atoms with van der Waals surface area (Å²) in [5.74, 6) is 0.242. The lowest BCUT2D eigenvalue weighted by Gasteiger charge is -2.09. The van der Waals surface area contributed by atoms with Gasteiger partial charge in [-0.2, -0.15) is 0 Å². The fourth-order valence-electron chi connectivity index (χ4n) is 2.16. The van der Waals surface area contributed by atoms with Crippen molar-refractivity contribution in [2.45, 2.75) is 6.92 Å². The average Bonchev–Trinajstić information content (AvgIpc) is 2.90. The quantitative estimate of drug-likeness (QED) is 0.728. The van der Waals surface area contributed by atoms with Crippen LogP contribution in [0.25, 0.3) is 5.69 Å². The van der Waals surface area contributed by atoms with E-state index in [0.29, 0.717) is 16.3 Å². The highest BCUT2D eigenvalue weighted by Crippen LogP contribution is 2.14. The molecule has 3 aromatic rings. The number of carbonyl (C=O) groups excluding carboxylic acids is 1. The van der Waals surface area contributed by atoms with Crippen LogP contribution in [-0.4, -0.2) is 20.4 Å². The van der Waals surface area contributed by atoms with E-state index < -0.39 is 0 Å². The van der Waals surface area contributed by atoms with Crippen molar-refractivity contribution in [1.82, 2.24) is 14.5 Å². The molecule has 2 N–H and O–H groups in total. The molecule has 2 heterocycles. The van der Waals surface area contributed by atoms with Crippen molar-refractivity contribution in [3.63, 3.8) is 0 Å². The first-order valence-corrected chi connectivity index (χ1v) is 7.17. The average molecular weight is 310 g/mol. The summed E-state index contributed by atoms with van der Waals surface area (Å²) in [4.78, 5) is 19.7. The summed E-state index contributed by atoms with van der Waals surface area (Å²) in [6.07, 6.45) is 1.60. The first-order valence-electron chi connectivity index (χ1n) is 6.76. The summed E-state index contributed by atoms with van der Waals surface area (Å²) in [6.45, 7) is 1.87. The molecular weight excluding hydrogens is 296 g/mol. The van der Waals surface area contributed by atoms with E-state index in [1.807, 2.05) is 49.4 Å². The molecule has 2 aromatic heterocycles. The number of para-hydroxylation sites is 1. The van der Waals surface area contributed by atoms with Gasteiger partial charge in [-0.25, -0.2) is 4.98 Å². The lowest BCUT2D eigenvalue weighted by molar-refractivity contribution is 0.102.